The summed E-state index contributed by atoms with van der Waals surface area (Å²) in [5, 5.41) is 0. The lowest BCUT2D eigenvalue weighted by Gasteiger charge is -2.33. The molecule has 0 saturated carbocycles. The normalized spacial score (nSPS) is 18.1. The van der Waals surface area contributed by atoms with Crippen molar-refractivity contribution in [2.45, 2.75) is 45.4 Å². The Morgan fingerprint density at radius 1 is 1.12 bits per heavy atom. The molecule has 3 rings (SSSR count). The first kappa shape index (κ1) is 18.2. The van der Waals surface area contributed by atoms with Gasteiger partial charge in [-0.2, -0.15) is 0 Å². The van der Waals surface area contributed by atoms with Gasteiger partial charge < -0.3 is 4.74 Å². The number of hydrogen-bond acceptors (Lipinski definition) is 3. The van der Waals surface area contributed by atoms with E-state index in [9.17, 15) is 4.79 Å². The molecule has 25 heavy (non-hydrogen) atoms. The minimum atomic E-state index is -0.284. The van der Waals surface area contributed by atoms with Crippen molar-refractivity contribution >= 4 is 21.9 Å². The third-order valence-corrected chi connectivity index (χ3v) is 5.40. The molecule has 0 radical (unpaired) electrons. The number of piperidine rings is 1. The van der Waals surface area contributed by atoms with Gasteiger partial charge in [0.2, 0.25) is 0 Å². The van der Waals surface area contributed by atoms with E-state index in [0.717, 1.165) is 23.1 Å². The lowest BCUT2D eigenvalue weighted by atomic mass is 10.0. The Morgan fingerprint density at radius 3 is 2.56 bits per heavy atom. The molecule has 0 unspecified atom stereocenters. The van der Waals surface area contributed by atoms with Crippen LogP contribution in [0, 0.1) is 0 Å². The molecule has 4 heteroatoms. The smallest absolute Gasteiger partial charge is 0.338 e. The molecule has 0 N–H and O–H groups in total. The van der Waals surface area contributed by atoms with E-state index in [1.54, 1.807) is 12.1 Å². The van der Waals surface area contributed by atoms with E-state index in [-0.39, 0.29) is 5.97 Å². The molecule has 0 aliphatic carbocycles. The van der Waals surface area contributed by atoms with Crippen LogP contribution in [0.4, 0.5) is 0 Å². The number of esters is 1. The molecule has 0 spiro atoms. The topological polar surface area (TPSA) is 29.5 Å². The van der Waals surface area contributed by atoms with Crippen LogP contribution in [0.3, 0.4) is 0 Å². The molecule has 1 aliphatic rings. The first-order valence-electron chi connectivity index (χ1n) is 8.87. The average Bonchev–Trinajstić information content (AvgIpc) is 2.63. The predicted molar refractivity (Wildman–Crippen MR) is 103 cm³/mol. The van der Waals surface area contributed by atoms with Gasteiger partial charge in [0.25, 0.3) is 0 Å². The first-order chi connectivity index (χ1) is 12.1. The van der Waals surface area contributed by atoms with Crippen molar-refractivity contribution < 1.29 is 9.53 Å². The van der Waals surface area contributed by atoms with Gasteiger partial charge in [0.1, 0.15) is 6.61 Å². The van der Waals surface area contributed by atoms with Crippen LogP contribution in [0.15, 0.2) is 53.0 Å². The summed E-state index contributed by atoms with van der Waals surface area (Å²) in [6.45, 7) is 4.68. The minimum Gasteiger partial charge on any atom is -0.457 e. The minimum absolute atomic E-state index is 0.284. The van der Waals surface area contributed by atoms with Crippen LogP contribution in [0.5, 0.6) is 0 Å². The van der Waals surface area contributed by atoms with Gasteiger partial charge in [0.05, 0.1) is 5.56 Å². The number of rotatable bonds is 5. The van der Waals surface area contributed by atoms with Crippen LogP contribution < -0.4 is 0 Å². The van der Waals surface area contributed by atoms with Gasteiger partial charge in [0, 0.05) is 17.1 Å². The highest BCUT2D eigenvalue weighted by atomic mass is 79.9. The summed E-state index contributed by atoms with van der Waals surface area (Å²) in [5.41, 5.74) is 2.91. The van der Waals surface area contributed by atoms with E-state index in [4.69, 9.17) is 4.74 Å². The summed E-state index contributed by atoms with van der Waals surface area (Å²) in [5.74, 6) is -0.284. The molecule has 2 aromatic carbocycles. The molecule has 0 amide bonds. The number of hydrogen-bond donors (Lipinski definition) is 0. The second-order valence-corrected chi connectivity index (χ2v) is 7.58. The van der Waals surface area contributed by atoms with E-state index >= 15 is 0 Å². The van der Waals surface area contributed by atoms with Crippen molar-refractivity contribution in [2.24, 2.45) is 0 Å². The van der Waals surface area contributed by atoms with Gasteiger partial charge in [-0.3, -0.25) is 4.90 Å². The molecule has 1 fully saturated rings. The largest absolute Gasteiger partial charge is 0.457 e. The Kier molecular flexibility index (Phi) is 6.27. The van der Waals surface area contributed by atoms with Crippen molar-refractivity contribution in [2.75, 3.05) is 6.54 Å². The van der Waals surface area contributed by atoms with E-state index < -0.39 is 0 Å². The summed E-state index contributed by atoms with van der Waals surface area (Å²) >= 11 is 3.37. The van der Waals surface area contributed by atoms with Crippen LogP contribution in [-0.2, 0) is 17.9 Å². The third-order valence-electron chi connectivity index (χ3n) is 4.87. The quantitative estimate of drug-likeness (QED) is 0.646. The fourth-order valence-corrected chi connectivity index (χ4v) is 3.54. The Hall–Kier alpha value is -1.65. The van der Waals surface area contributed by atoms with E-state index in [0.29, 0.717) is 18.2 Å². The summed E-state index contributed by atoms with van der Waals surface area (Å²) in [6, 6.07) is 16.1. The zero-order valence-corrected chi connectivity index (χ0v) is 16.2. The highest BCUT2D eigenvalue weighted by molar-refractivity contribution is 9.10. The number of carbonyl (C=O) groups excluding carboxylic acids is 1. The molecule has 0 aromatic heterocycles. The van der Waals surface area contributed by atoms with Gasteiger partial charge in [-0.25, -0.2) is 4.79 Å². The Labute approximate surface area is 158 Å². The van der Waals surface area contributed by atoms with E-state index in [1.165, 1.54) is 24.8 Å². The molecule has 1 heterocycles. The zero-order chi connectivity index (χ0) is 17.6. The highest BCUT2D eigenvalue weighted by Gasteiger charge is 2.19. The molecular formula is C21H24BrNO2. The lowest BCUT2D eigenvalue weighted by molar-refractivity contribution is 0.0470. The molecule has 3 nitrogen and oxygen atoms in total. The van der Waals surface area contributed by atoms with Gasteiger partial charge in [0.15, 0.2) is 0 Å². The van der Waals surface area contributed by atoms with Crippen molar-refractivity contribution in [1.29, 1.82) is 0 Å². The highest BCUT2D eigenvalue weighted by Crippen LogP contribution is 2.21. The molecule has 132 valence electrons. The third kappa shape index (κ3) is 4.93. The maximum Gasteiger partial charge on any atom is 0.338 e. The van der Waals surface area contributed by atoms with E-state index in [2.05, 4.69) is 46.0 Å². The Balaban J connectivity index is 1.64. The van der Waals surface area contributed by atoms with Crippen LogP contribution in [0.25, 0.3) is 0 Å². The number of nitrogens with zero attached hydrogens (tertiary/aromatic N) is 1. The van der Waals surface area contributed by atoms with Crippen LogP contribution >= 0.6 is 15.9 Å². The number of ether oxygens (including phenoxy) is 1. The molecule has 0 bridgehead atoms. The number of carbonyl (C=O) groups is 1. The summed E-state index contributed by atoms with van der Waals surface area (Å²) < 4.78 is 6.49. The van der Waals surface area contributed by atoms with Gasteiger partial charge in [-0.15, -0.1) is 0 Å². The fourth-order valence-electron chi connectivity index (χ4n) is 3.28. The Morgan fingerprint density at radius 2 is 1.84 bits per heavy atom. The molecule has 2 aromatic rings. The summed E-state index contributed by atoms with van der Waals surface area (Å²) in [4.78, 5) is 14.8. The monoisotopic (exact) mass is 401 g/mol. The zero-order valence-electron chi connectivity index (χ0n) is 14.6. The SMILES string of the molecule is C[C@@H]1CCCCN1Cc1ccccc1COC(=O)c1ccc(Br)cc1. The molecule has 1 atom stereocenters. The lowest BCUT2D eigenvalue weighted by Crippen LogP contribution is -2.37. The summed E-state index contributed by atoms with van der Waals surface area (Å²) in [6.07, 6.45) is 3.86. The van der Waals surface area contributed by atoms with E-state index in [1.807, 2.05) is 18.2 Å². The first-order valence-corrected chi connectivity index (χ1v) is 9.66. The number of halogens is 1. The Bertz CT molecular complexity index is 714. The fraction of sp³-hybridized carbons (Fsp3) is 0.381. The molecule has 1 aliphatic heterocycles. The van der Waals surface area contributed by atoms with Crippen LogP contribution in [-0.4, -0.2) is 23.5 Å². The second-order valence-electron chi connectivity index (χ2n) is 6.67. The average molecular weight is 402 g/mol. The van der Waals surface area contributed by atoms with Crippen molar-refractivity contribution in [3.05, 3.63) is 69.7 Å². The summed E-state index contributed by atoms with van der Waals surface area (Å²) in [7, 11) is 0. The molecular weight excluding hydrogens is 378 g/mol. The van der Waals surface area contributed by atoms with Crippen LogP contribution in [0.1, 0.15) is 47.7 Å². The number of benzene rings is 2. The predicted octanol–water partition coefficient (Wildman–Crippen LogP) is 5.18. The van der Waals surface area contributed by atoms with Crippen molar-refractivity contribution in [1.82, 2.24) is 4.90 Å². The standard InChI is InChI=1S/C21H24BrNO2/c1-16-6-4-5-13-23(16)14-18-7-2-3-8-19(18)15-25-21(24)17-9-11-20(22)12-10-17/h2-3,7-12,16H,4-6,13-15H2,1H3/t16-/m1/s1. The van der Waals surface area contributed by atoms with Crippen molar-refractivity contribution in [3.8, 4) is 0 Å². The second kappa shape index (κ2) is 8.63. The van der Waals surface area contributed by atoms with Gasteiger partial charge in [-0.05, 0) is 61.7 Å². The van der Waals surface area contributed by atoms with Crippen molar-refractivity contribution in [3.63, 3.8) is 0 Å². The molecule has 1 saturated heterocycles. The maximum absolute atomic E-state index is 12.2. The number of likely N-dealkylation sites (tertiary alicyclic amines) is 1. The van der Waals surface area contributed by atoms with Gasteiger partial charge >= 0.3 is 5.97 Å². The van der Waals surface area contributed by atoms with Crippen LogP contribution in [0.2, 0.25) is 0 Å². The maximum atomic E-state index is 12.2. The van der Waals surface area contributed by atoms with Gasteiger partial charge in [-0.1, -0.05) is 46.6 Å².